The van der Waals surface area contributed by atoms with Gasteiger partial charge >= 0.3 is 0 Å². The van der Waals surface area contributed by atoms with Gasteiger partial charge in [0.15, 0.2) is 0 Å². The number of carbonyl (C=O) groups is 1. The van der Waals surface area contributed by atoms with E-state index in [1.54, 1.807) is 7.11 Å². The van der Waals surface area contributed by atoms with E-state index >= 15 is 0 Å². The molecule has 1 aromatic rings. The van der Waals surface area contributed by atoms with Gasteiger partial charge in [0.25, 0.3) is 0 Å². The molecule has 1 aromatic carbocycles. The summed E-state index contributed by atoms with van der Waals surface area (Å²) in [5, 5.41) is 0. The smallest absolute Gasteiger partial charge is 0.143 e. The summed E-state index contributed by atoms with van der Waals surface area (Å²) in [7, 11) is 1.76. The molecule has 4 rings (SSSR count). The van der Waals surface area contributed by atoms with E-state index in [1.165, 1.54) is 16.7 Å². The molecule has 20 heavy (non-hydrogen) atoms. The molecule has 0 spiro atoms. The lowest BCUT2D eigenvalue weighted by atomic mass is 9.54. The van der Waals surface area contributed by atoms with Crippen LogP contribution in [0.3, 0.4) is 0 Å². The first-order valence-corrected chi connectivity index (χ1v) is 7.27. The third-order valence-corrected chi connectivity index (χ3v) is 5.37. The third-order valence-electron chi connectivity index (χ3n) is 5.37. The molecule has 0 heterocycles. The van der Waals surface area contributed by atoms with Gasteiger partial charge in [-0.2, -0.15) is 0 Å². The van der Waals surface area contributed by atoms with Crippen LogP contribution in [0.25, 0.3) is 5.57 Å². The lowest BCUT2D eigenvalue weighted by Gasteiger charge is -2.52. The first-order valence-electron chi connectivity index (χ1n) is 7.27. The largest absolute Gasteiger partial charge is 0.378 e. The van der Waals surface area contributed by atoms with E-state index in [0.29, 0.717) is 12.2 Å². The zero-order valence-corrected chi connectivity index (χ0v) is 12.7. The maximum atomic E-state index is 12.6. The number of hydrogen-bond donors (Lipinski definition) is 0. The average Bonchev–Trinajstić information content (AvgIpc) is 2.41. The van der Waals surface area contributed by atoms with Crippen LogP contribution in [0.15, 0.2) is 30.3 Å². The van der Waals surface area contributed by atoms with Crippen molar-refractivity contribution in [3.05, 3.63) is 41.5 Å². The van der Waals surface area contributed by atoms with Crippen molar-refractivity contribution in [2.75, 3.05) is 7.11 Å². The van der Waals surface area contributed by atoms with Crippen LogP contribution in [0, 0.1) is 18.3 Å². The van der Waals surface area contributed by atoms with Crippen LogP contribution >= 0.6 is 0 Å². The number of ether oxygens (including phenoxy) is 1. The number of Topliss-reactive ketones (excluding diaryl/α,β-unsaturated/α-hetero) is 1. The predicted octanol–water partition coefficient (Wildman–Crippen LogP) is 3.78. The van der Waals surface area contributed by atoms with Crippen LogP contribution < -0.4 is 0 Å². The van der Waals surface area contributed by atoms with E-state index in [0.717, 1.165) is 6.42 Å². The van der Waals surface area contributed by atoms with E-state index in [9.17, 15) is 4.79 Å². The first kappa shape index (κ1) is 13.6. The van der Waals surface area contributed by atoms with Crippen molar-refractivity contribution < 1.29 is 9.53 Å². The van der Waals surface area contributed by atoms with E-state index in [-0.39, 0.29) is 11.5 Å². The zero-order valence-electron chi connectivity index (χ0n) is 12.7. The fourth-order valence-electron chi connectivity index (χ4n) is 3.92. The van der Waals surface area contributed by atoms with Crippen LogP contribution in [-0.4, -0.2) is 18.5 Å². The van der Waals surface area contributed by atoms with Gasteiger partial charge in [-0.05, 0) is 43.9 Å². The van der Waals surface area contributed by atoms with Gasteiger partial charge in [0.05, 0.1) is 11.0 Å². The molecule has 1 fully saturated rings. The van der Waals surface area contributed by atoms with Crippen LogP contribution in [-0.2, 0) is 9.53 Å². The molecule has 0 N–H and O–H groups in total. The number of fused-ring (bicyclic) bond motifs is 2. The molecule has 0 saturated heterocycles. The molecule has 3 atom stereocenters. The molecule has 0 aliphatic heterocycles. The Morgan fingerprint density at radius 1 is 1.25 bits per heavy atom. The molecule has 0 unspecified atom stereocenters. The lowest BCUT2D eigenvalue weighted by Crippen LogP contribution is -2.54. The lowest BCUT2D eigenvalue weighted by molar-refractivity contribution is -0.144. The highest BCUT2D eigenvalue weighted by Crippen LogP contribution is 2.56. The number of methoxy groups -OCH3 is 1. The van der Waals surface area contributed by atoms with Crippen molar-refractivity contribution >= 4 is 11.4 Å². The Labute approximate surface area is 120 Å². The number of allylic oxidation sites excluding steroid dienone is 1. The van der Waals surface area contributed by atoms with Gasteiger partial charge in [-0.1, -0.05) is 30.3 Å². The second-order valence-corrected chi connectivity index (χ2v) is 6.65. The highest BCUT2D eigenvalue weighted by atomic mass is 16.5. The van der Waals surface area contributed by atoms with Gasteiger partial charge in [-0.3, -0.25) is 4.79 Å². The van der Waals surface area contributed by atoms with Gasteiger partial charge in [0.2, 0.25) is 0 Å². The van der Waals surface area contributed by atoms with Crippen molar-refractivity contribution in [2.24, 2.45) is 11.3 Å². The molecule has 0 aromatic heterocycles. The number of rotatable bonds is 2. The SMILES string of the molecule is CO[C@@]1(C)C[C@@]2(C)C(=O)C[C@@H]1C=C2c1ccccc1C. The Morgan fingerprint density at radius 3 is 2.60 bits per heavy atom. The maximum Gasteiger partial charge on any atom is 0.143 e. The summed E-state index contributed by atoms with van der Waals surface area (Å²) in [5.74, 6) is 0.550. The molecule has 3 aliphatic rings. The van der Waals surface area contributed by atoms with Crippen LogP contribution in [0.2, 0.25) is 0 Å². The van der Waals surface area contributed by atoms with Crippen molar-refractivity contribution in [1.29, 1.82) is 0 Å². The molecule has 0 radical (unpaired) electrons. The fraction of sp³-hybridized carbons (Fsp3) is 0.500. The summed E-state index contributed by atoms with van der Waals surface area (Å²) in [4.78, 5) is 12.6. The normalized spacial score (nSPS) is 36.1. The predicted molar refractivity (Wildman–Crippen MR) is 80.4 cm³/mol. The van der Waals surface area contributed by atoms with Crippen molar-refractivity contribution in [2.45, 2.75) is 39.2 Å². The summed E-state index contributed by atoms with van der Waals surface area (Å²) in [5.41, 5.74) is 3.03. The number of carbonyl (C=O) groups excluding carboxylic acids is 1. The van der Waals surface area contributed by atoms with Gasteiger partial charge in [0, 0.05) is 19.4 Å². The summed E-state index contributed by atoms with van der Waals surface area (Å²) in [6.45, 7) is 6.33. The van der Waals surface area contributed by atoms with Crippen LogP contribution in [0.4, 0.5) is 0 Å². The highest BCUT2D eigenvalue weighted by molar-refractivity contribution is 6.01. The van der Waals surface area contributed by atoms with Gasteiger partial charge in [-0.25, -0.2) is 0 Å². The zero-order chi connectivity index (χ0) is 14.5. The fourth-order valence-corrected chi connectivity index (χ4v) is 3.92. The summed E-state index contributed by atoms with van der Waals surface area (Å²) >= 11 is 0. The number of hydrogen-bond acceptors (Lipinski definition) is 2. The summed E-state index contributed by atoms with van der Waals surface area (Å²) in [6.07, 6.45) is 3.67. The number of aryl methyl sites for hydroxylation is 1. The second-order valence-electron chi connectivity index (χ2n) is 6.65. The second kappa shape index (κ2) is 4.29. The minimum absolute atomic E-state index is 0.191. The topological polar surface area (TPSA) is 26.3 Å². The van der Waals surface area contributed by atoms with E-state index in [1.807, 2.05) is 6.07 Å². The molecule has 106 valence electrons. The van der Waals surface area contributed by atoms with E-state index in [4.69, 9.17) is 4.74 Å². The van der Waals surface area contributed by atoms with E-state index in [2.05, 4.69) is 45.0 Å². The van der Waals surface area contributed by atoms with Gasteiger partial charge in [0.1, 0.15) is 5.78 Å². The third kappa shape index (κ3) is 1.71. The monoisotopic (exact) mass is 270 g/mol. The molecule has 1 saturated carbocycles. The molecule has 0 amide bonds. The Bertz CT molecular complexity index is 601. The Hall–Kier alpha value is -1.41. The maximum absolute atomic E-state index is 12.6. The Kier molecular flexibility index (Phi) is 2.91. The van der Waals surface area contributed by atoms with Crippen molar-refractivity contribution in [1.82, 2.24) is 0 Å². The molecule has 3 aliphatic carbocycles. The number of benzene rings is 1. The van der Waals surface area contributed by atoms with E-state index < -0.39 is 5.41 Å². The van der Waals surface area contributed by atoms with Crippen molar-refractivity contribution in [3.8, 4) is 0 Å². The number of ketones is 1. The average molecular weight is 270 g/mol. The first-order chi connectivity index (χ1) is 9.40. The van der Waals surface area contributed by atoms with Crippen LogP contribution in [0.5, 0.6) is 0 Å². The molecule has 2 nitrogen and oxygen atoms in total. The summed E-state index contributed by atoms with van der Waals surface area (Å²) < 4.78 is 5.74. The molecule has 2 bridgehead atoms. The molecular formula is C18H22O2. The quantitative estimate of drug-likeness (QED) is 0.817. The molecular weight excluding hydrogens is 248 g/mol. The minimum Gasteiger partial charge on any atom is -0.378 e. The highest BCUT2D eigenvalue weighted by Gasteiger charge is 2.55. The van der Waals surface area contributed by atoms with Crippen LogP contribution in [0.1, 0.15) is 37.8 Å². The van der Waals surface area contributed by atoms with Gasteiger partial charge < -0.3 is 4.74 Å². The standard InChI is InChI=1S/C18H22O2/c1-12-7-5-6-8-14(12)15-9-13-10-16(19)17(15,2)11-18(13,3)20-4/h5-9,13H,10-11H2,1-4H3/t13-,17+,18-/m0/s1. The Morgan fingerprint density at radius 2 is 1.95 bits per heavy atom. The molecule has 2 heteroatoms. The van der Waals surface area contributed by atoms with Gasteiger partial charge in [-0.15, -0.1) is 0 Å². The minimum atomic E-state index is -0.411. The van der Waals surface area contributed by atoms with Crippen molar-refractivity contribution in [3.63, 3.8) is 0 Å². The summed E-state index contributed by atoms with van der Waals surface area (Å²) in [6, 6.07) is 8.34. The Balaban J connectivity index is 2.16.